The van der Waals surface area contributed by atoms with Crippen LogP contribution in [0.5, 0.6) is 0 Å². The Bertz CT molecular complexity index is 840. The average molecular weight is 296 g/mol. The van der Waals surface area contributed by atoms with Crippen molar-refractivity contribution in [2.45, 2.75) is 20.3 Å². The molecule has 0 amide bonds. The SMILES string of the molecule is CCc1nn2c(C)c(C(=O)OC)nnc2c1-c1ccccc1. The van der Waals surface area contributed by atoms with E-state index in [4.69, 9.17) is 4.74 Å². The van der Waals surface area contributed by atoms with Crippen molar-refractivity contribution in [3.63, 3.8) is 0 Å². The molecule has 112 valence electrons. The third-order valence-electron chi connectivity index (χ3n) is 3.61. The first-order chi connectivity index (χ1) is 10.7. The summed E-state index contributed by atoms with van der Waals surface area (Å²) in [5.41, 5.74) is 4.36. The van der Waals surface area contributed by atoms with Crippen LogP contribution >= 0.6 is 0 Å². The summed E-state index contributed by atoms with van der Waals surface area (Å²) in [6.45, 7) is 3.83. The van der Waals surface area contributed by atoms with Crippen LogP contribution in [0.25, 0.3) is 16.8 Å². The Balaban J connectivity index is 2.30. The van der Waals surface area contributed by atoms with Gasteiger partial charge in [-0.25, -0.2) is 9.31 Å². The zero-order chi connectivity index (χ0) is 15.7. The molecule has 2 heterocycles. The molecule has 0 unspecified atom stereocenters. The van der Waals surface area contributed by atoms with Gasteiger partial charge in [-0.3, -0.25) is 0 Å². The van der Waals surface area contributed by atoms with Crippen LogP contribution in [0.4, 0.5) is 0 Å². The Kier molecular flexibility index (Phi) is 3.58. The molecule has 2 aromatic heterocycles. The van der Waals surface area contributed by atoms with Crippen molar-refractivity contribution in [3.8, 4) is 11.1 Å². The van der Waals surface area contributed by atoms with Gasteiger partial charge in [0.1, 0.15) is 0 Å². The molecular formula is C16H16N4O2. The van der Waals surface area contributed by atoms with Crippen molar-refractivity contribution in [2.24, 2.45) is 0 Å². The minimum Gasteiger partial charge on any atom is -0.464 e. The van der Waals surface area contributed by atoms with Crippen LogP contribution in [0, 0.1) is 6.92 Å². The maximum atomic E-state index is 11.7. The highest BCUT2D eigenvalue weighted by Crippen LogP contribution is 2.28. The summed E-state index contributed by atoms with van der Waals surface area (Å²) in [6, 6.07) is 9.94. The summed E-state index contributed by atoms with van der Waals surface area (Å²) in [4.78, 5) is 11.7. The van der Waals surface area contributed by atoms with E-state index in [0.717, 1.165) is 23.2 Å². The lowest BCUT2D eigenvalue weighted by Crippen LogP contribution is -2.12. The van der Waals surface area contributed by atoms with E-state index < -0.39 is 5.97 Å². The Morgan fingerprint density at radius 3 is 2.59 bits per heavy atom. The first-order valence-electron chi connectivity index (χ1n) is 7.06. The number of methoxy groups -OCH3 is 1. The van der Waals surface area contributed by atoms with Gasteiger partial charge in [0, 0.05) is 0 Å². The largest absolute Gasteiger partial charge is 0.464 e. The Morgan fingerprint density at radius 1 is 1.23 bits per heavy atom. The van der Waals surface area contributed by atoms with Gasteiger partial charge in [-0.15, -0.1) is 10.2 Å². The molecule has 0 saturated heterocycles. The number of ether oxygens (including phenoxy) is 1. The highest BCUT2D eigenvalue weighted by atomic mass is 16.5. The summed E-state index contributed by atoms with van der Waals surface area (Å²) in [5, 5.41) is 12.8. The van der Waals surface area contributed by atoms with Crippen LogP contribution in [0.3, 0.4) is 0 Å². The van der Waals surface area contributed by atoms with Crippen molar-refractivity contribution in [1.29, 1.82) is 0 Å². The molecule has 6 nitrogen and oxygen atoms in total. The Labute approximate surface area is 127 Å². The number of rotatable bonds is 3. The number of hydrogen-bond acceptors (Lipinski definition) is 5. The zero-order valence-electron chi connectivity index (χ0n) is 12.7. The van der Waals surface area contributed by atoms with Gasteiger partial charge in [0.2, 0.25) is 0 Å². The van der Waals surface area contributed by atoms with E-state index in [1.165, 1.54) is 7.11 Å². The highest BCUT2D eigenvalue weighted by Gasteiger charge is 2.21. The summed E-state index contributed by atoms with van der Waals surface area (Å²) < 4.78 is 6.40. The van der Waals surface area contributed by atoms with Crippen molar-refractivity contribution in [3.05, 3.63) is 47.4 Å². The van der Waals surface area contributed by atoms with Gasteiger partial charge in [-0.2, -0.15) is 5.10 Å². The standard InChI is InChI=1S/C16H16N4O2/c1-4-12-13(11-8-6-5-7-9-11)15-18-17-14(16(21)22-3)10(2)20(15)19-12/h5-9H,4H2,1-3H3. The number of carbonyl (C=O) groups excluding carboxylic acids is 1. The lowest BCUT2D eigenvalue weighted by molar-refractivity contribution is 0.0590. The predicted molar refractivity (Wildman–Crippen MR) is 81.7 cm³/mol. The van der Waals surface area contributed by atoms with Gasteiger partial charge in [0.05, 0.1) is 24.1 Å². The van der Waals surface area contributed by atoms with Gasteiger partial charge < -0.3 is 4.74 Å². The predicted octanol–water partition coefficient (Wildman–Crippen LogP) is 2.45. The van der Waals surface area contributed by atoms with Crippen LogP contribution in [0.1, 0.15) is 28.8 Å². The molecule has 0 fully saturated rings. The number of aryl methyl sites for hydroxylation is 2. The van der Waals surface area contributed by atoms with Gasteiger partial charge in [-0.1, -0.05) is 37.3 Å². The lowest BCUT2D eigenvalue weighted by atomic mass is 10.0. The second-order valence-corrected chi connectivity index (χ2v) is 4.90. The molecule has 0 atom stereocenters. The molecule has 0 bridgehead atoms. The smallest absolute Gasteiger partial charge is 0.360 e. The molecule has 0 aliphatic carbocycles. The maximum absolute atomic E-state index is 11.7. The minimum absolute atomic E-state index is 0.180. The number of nitrogens with zero attached hydrogens (tertiary/aromatic N) is 4. The van der Waals surface area contributed by atoms with Gasteiger partial charge in [0.25, 0.3) is 0 Å². The second kappa shape index (κ2) is 5.55. The van der Waals surface area contributed by atoms with E-state index in [2.05, 4.69) is 15.3 Å². The normalized spacial score (nSPS) is 10.9. The molecule has 0 spiro atoms. The quantitative estimate of drug-likeness (QED) is 0.694. The molecule has 0 aliphatic rings. The minimum atomic E-state index is -0.512. The molecule has 0 N–H and O–H groups in total. The number of benzene rings is 1. The van der Waals surface area contributed by atoms with E-state index in [0.29, 0.717) is 11.3 Å². The van der Waals surface area contributed by atoms with Crippen molar-refractivity contribution in [1.82, 2.24) is 19.8 Å². The molecule has 0 aliphatic heterocycles. The number of fused-ring (bicyclic) bond motifs is 1. The summed E-state index contributed by atoms with van der Waals surface area (Å²) in [5.74, 6) is -0.512. The molecule has 3 aromatic rings. The molecular weight excluding hydrogens is 280 g/mol. The molecule has 6 heteroatoms. The van der Waals surface area contributed by atoms with Gasteiger partial charge in [0.15, 0.2) is 11.3 Å². The van der Waals surface area contributed by atoms with Crippen molar-refractivity contribution < 1.29 is 9.53 Å². The van der Waals surface area contributed by atoms with Crippen LogP contribution in [0.15, 0.2) is 30.3 Å². The van der Waals surface area contributed by atoms with E-state index in [9.17, 15) is 4.79 Å². The number of aromatic nitrogens is 4. The fourth-order valence-electron chi connectivity index (χ4n) is 2.48. The van der Waals surface area contributed by atoms with E-state index in [1.807, 2.05) is 37.3 Å². The van der Waals surface area contributed by atoms with Crippen LogP contribution in [-0.2, 0) is 11.2 Å². The second-order valence-electron chi connectivity index (χ2n) is 4.90. The first-order valence-corrected chi connectivity index (χ1v) is 7.06. The van der Waals surface area contributed by atoms with Crippen LogP contribution in [0.2, 0.25) is 0 Å². The summed E-state index contributed by atoms with van der Waals surface area (Å²) in [7, 11) is 1.32. The first kappa shape index (κ1) is 14.2. The topological polar surface area (TPSA) is 69.4 Å². The van der Waals surface area contributed by atoms with Crippen LogP contribution in [-0.4, -0.2) is 32.9 Å². The number of esters is 1. The van der Waals surface area contributed by atoms with Gasteiger partial charge in [-0.05, 0) is 18.9 Å². The fraction of sp³-hybridized carbons (Fsp3) is 0.250. The Morgan fingerprint density at radius 2 is 1.95 bits per heavy atom. The van der Waals surface area contributed by atoms with Crippen molar-refractivity contribution in [2.75, 3.05) is 7.11 Å². The monoisotopic (exact) mass is 296 g/mol. The molecule has 0 radical (unpaired) electrons. The fourth-order valence-corrected chi connectivity index (χ4v) is 2.48. The van der Waals surface area contributed by atoms with E-state index in [1.54, 1.807) is 11.4 Å². The molecule has 3 rings (SSSR count). The summed E-state index contributed by atoms with van der Waals surface area (Å²) >= 11 is 0. The third-order valence-corrected chi connectivity index (χ3v) is 3.61. The zero-order valence-corrected chi connectivity index (χ0v) is 12.7. The lowest BCUT2D eigenvalue weighted by Gasteiger charge is -2.04. The van der Waals surface area contributed by atoms with E-state index in [-0.39, 0.29) is 5.69 Å². The molecule has 22 heavy (non-hydrogen) atoms. The molecule has 0 saturated carbocycles. The number of carbonyl (C=O) groups is 1. The van der Waals surface area contributed by atoms with Crippen molar-refractivity contribution >= 4 is 11.6 Å². The van der Waals surface area contributed by atoms with Gasteiger partial charge >= 0.3 is 5.97 Å². The maximum Gasteiger partial charge on any atom is 0.360 e. The average Bonchev–Trinajstić information content (AvgIpc) is 2.95. The molecule has 1 aromatic carbocycles. The summed E-state index contributed by atoms with van der Waals surface area (Å²) in [6.07, 6.45) is 0.764. The highest BCUT2D eigenvalue weighted by molar-refractivity contribution is 5.89. The van der Waals surface area contributed by atoms with Crippen LogP contribution < -0.4 is 0 Å². The number of hydrogen-bond donors (Lipinski definition) is 0. The Hall–Kier alpha value is -2.76. The third kappa shape index (κ3) is 2.13. The van der Waals surface area contributed by atoms with E-state index >= 15 is 0 Å².